The number of nitrogens with zero attached hydrogens (tertiary/aromatic N) is 1. The SMILES string of the molecule is C=C1C(=CC=C2CCC[C@]3(C)[C@@H]([C@H](C)CC[C@H](OC(=O)c4ccccc4)C4(c5nc(C)cs5)CC4)CC[C@@H]23)C[C@@H](O)C[C@@H]1O. The highest BCUT2D eigenvalue weighted by Gasteiger charge is 2.56. The maximum absolute atomic E-state index is 13.3. The predicted octanol–water partition coefficient (Wildman–Crippen LogP) is 8.27. The van der Waals surface area contributed by atoms with E-state index in [1.165, 1.54) is 31.3 Å². The zero-order valence-corrected chi connectivity index (χ0v) is 27.5. The highest BCUT2D eigenvalue weighted by Crippen LogP contribution is 2.60. The lowest BCUT2D eigenvalue weighted by Crippen LogP contribution is -2.37. The molecule has 236 valence electrons. The minimum Gasteiger partial charge on any atom is -0.458 e. The number of ether oxygens (including phenoxy) is 1. The minimum atomic E-state index is -0.651. The Hall–Kier alpha value is -2.54. The lowest BCUT2D eigenvalue weighted by atomic mass is 9.60. The summed E-state index contributed by atoms with van der Waals surface area (Å²) in [5.74, 6) is 1.48. The monoisotopic (exact) mass is 615 g/mol. The number of aliphatic hydroxyl groups excluding tert-OH is 2. The van der Waals surface area contributed by atoms with Gasteiger partial charge in [0, 0.05) is 17.5 Å². The van der Waals surface area contributed by atoms with E-state index >= 15 is 0 Å². The van der Waals surface area contributed by atoms with Gasteiger partial charge in [0.25, 0.3) is 0 Å². The van der Waals surface area contributed by atoms with E-state index in [9.17, 15) is 15.0 Å². The Morgan fingerprint density at radius 3 is 2.64 bits per heavy atom. The topological polar surface area (TPSA) is 79.7 Å². The van der Waals surface area contributed by atoms with Crippen LogP contribution in [0.5, 0.6) is 0 Å². The molecule has 0 unspecified atom stereocenters. The second-order valence-electron chi connectivity index (χ2n) is 14.4. The molecule has 4 aliphatic rings. The number of carbonyl (C=O) groups excluding carboxylic acids is 1. The third-order valence-corrected chi connectivity index (χ3v) is 12.8. The lowest BCUT2D eigenvalue weighted by Gasteiger charge is -2.44. The Labute approximate surface area is 267 Å². The van der Waals surface area contributed by atoms with Gasteiger partial charge in [0.15, 0.2) is 0 Å². The standard InChI is InChI=1S/C38H49NO4S/c1-24(12-17-34(43-35(42)28-9-6-5-7-10-28)38(19-20-38)36-39-25(2)23-44-36)31-15-16-32-27(11-8-18-37(31,32)4)13-14-29-21-30(40)22-33(41)26(29)3/h5-7,9-10,13-14,23-24,30-34,40-41H,3,8,11-12,15-22H2,1-2,4H3/t24-,30-,31-,32+,33+,34+,37-/m1/s1. The molecule has 6 heteroatoms. The van der Waals surface area contributed by atoms with Crippen LogP contribution >= 0.6 is 11.3 Å². The Kier molecular flexibility index (Phi) is 9.07. The molecular formula is C38H49NO4S. The van der Waals surface area contributed by atoms with Crippen molar-refractivity contribution in [1.82, 2.24) is 4.98 Å². The average Bonchev–Trinajstić information content (AvgIpc) is 3.56. The zero-order valence-electron chi connectivity index (χ0n) is 26.6. The summed E-state index contributed by atoms with van der Waals surface area (Å²) in [5, 5.41) is 23.8. The van der Waals surface area contributed by atoms with E-state index in [-0.39, 0.29) is 22.9 Å². The first-order valence-corrected chi connectivity index (χ1v) is 17.6. The van der Waals surface area contributed by atoms with Gasteiger partial charge in [0.2, 0.25) is 0 Å². The predicted molar refractivity (Wildman–Crippen MR) is 177 cm³/mol. The van der Waals surface area contributed by atoms with E-state index in [2.05, 4.69) is 38.0 Å². The molecular weight excluding hydrogens is 566 g/mol. The van der Waals surface area contributed by atoms with Gasteiger partial charge >= 0.3 is 5.97 Å². The molecule has 2 N–H and O–H groups in total. The van der Waals surface area contributed by atoms with Crippen LogP contribution in [0, 0.1) is 30.1 Å². The fraction of sp³-hybridized carbons (Fsp3) is 0.579. The van der Waals surface area contributed by atoms with Gasteiger partial charge in [-0.1, -0.05) is 56.4 Å². The number of fused-ring (bicyclic) bond motifs is 1. The van der Waals surface area contributed by atoms with Crippen LogP contribution < -0.4 is 0 Å². The number of thiazole rings is 1. The molecule has 7 atom stereocenters. The summed E-state index contributed by atoms with van der Waals surface area (Å²) in [4.78, 5) is 18.2. The van der Waals surface area contributed by atoms with E-state index < -0.39 is 12.2 Å². The zero-order chi connectivity index (χ0) is 31.1. The van der Waals surface area contributed by atoms with Crippen molar-refractivity contribution >= 4 is 17.3 Å². The third-order valence-electron chi connectivity index (χ3n) is 11.6. The fourth-order valence-electron chi connectivity index (χ4n) is 8.91. The summed E-state index contributed by atoms with van der Waals surface area (Å²) >= 11 is 1.71. The molecule has 4 saturated carbocycles. The van der Waals surface area contributed by atoms with Gasteiger partial charge < -0.3 is 14.9 Å². The maximum Gasteiger partial charge on any atom is 0.338 e. The highest BCUT2D eigenvalue weighted by atomic mass is 32.1. The third kappa shape index (κ3) is 6.15. The highest BCUT2D eigenvalue weighted by molar-refractivity contribution is 7.09. The van der Waals surface area contributed by atoms with Crippen LogP contribution in [0.3, 0.4) is 0 Å². The van der Waals surface area contributed by atoms with Gasteiger partial charge in [-0.25, -0.2) is 9.78 Å². The summed E-state index contributed by atoms with van der Waals surface area (Å²) < 4.78 is 6.37. The Balaban J connectivity index is 1.17. The van der Waals surface area contributed by atoms with Crippen LogP contribution in [0.1, 0.15) is 106 Å². The number of hydrogen-bond acceptors (Lipinski definition) is 6. The molecule has 6 rings (SSSR count). The molecule has 1 heterocycles. The van der Waals surface area contributed by atoms with Crippen LogP contribution in [-0.4, -0.2) is 39.5 Å². The quantitative estimate of drug-likeness (QED) is 0.278. The van der Waals surface area contributed by atoms with Crippen molar-refractivity contribution in [2.24, 2.45) is 23.2 Å². The van der Waals surface area contributed by atoms with Crippen LogP contribution in [0.4, 0.5) is 0 Å². The number of aliphatic hydroxyl groups is 2. The molecule has 0 aliphatic heterocycles. The number of allylic oxidation sites excluding steroid dienone is 3. The van der Waals surface area contributed by atoms with Crippen molar-refractivity contribution in [1.29, 1.82) is 0 Å². The number of rotatable bonds is 9. The molecule has 4 aliphatic carbocycles. The summed E-state index contributed by atoms with van der Waals surface area (Å²) in [6, 6.07) is 9.39. The van der Waals surface area contributed by atoms with Crippen molar-refractivity contribution in [3.8, 4) is 0 Å². The Morgan fingerprint density at radius 1 is 1.16 bits per heavy atom. The molecule has 2 aromatic rings. The Morgan fingerprint density at radius 2 is 1.93 bits per heavy atom. The van der Waals surface area contributed by atoms with Crippen molar-refractivity contribution in [3.63, 3.8) is 0 Å². The molecule has 0 radical (unpaired) electrons. The van der Waals surface area contributed by atoms with E-state index in [0.717, 1.165) is 54.0 Å². The van der Waals surface area contributed by atoms with E-state index in [0.29, 0.717) is 36.2 Å². The van der Waals surface area contributed by atoms with Gasteiger partial charge in [-0.05, 0) is 118 Å². The molecule has 0 spiro atoms. The van der Waals surface area contributed by atoms with Gasteiger partial charge in [0.1, 0.15) is 11.1 Å². The van der Waals surface area contributed by atoms with Crippen molar-refractivity contribution in [2.75, 3.05) is 0 Å². The number of aromatic nitrogens is 1. The minimum absolute atomic E-state index is 0.149. The number of aryl methyl sites for hydroxylation is 1. The molecule has 44 heavy (non-hydrogen) atoms. The maximum atomic E-state index is 13.3. The molecule has 0 amide bonds. The van der Waals surface area contributed by atoms with Gasteiger partial charge in [-0.15, -0.1) is 11.3 Å². The molecule has 1 aromatic heterocycles. The van der Waals surface area contributed by atoms with Crippen molar-refractivity contribution in [2.45, 2.75) is 115 Å². The second kappa shape index (κ2) is 12.7. The smallest absolute Gasteiger partial charge is 0.338 e. The van der Waals surface area contributed by atoms with Crippen molar-refractivity contribution in [3.05, 3.63) is 87.4 Å². The molecule has 0 saturated heterocycles. The number of esters is 1. The summed E-state index contributed by atoms with van der Waals surface area (Å²) in [5.41, 5.74) is 5.02. The summed E-state index contributed by atoms with van der Waals surface area (Å²) in [6.45, 7) is 11.1. The first-order valence-electron chi connectivity index (χ1n) is 16.7. The fourth-order valence-corrected chi connectivity index (χ4v) is 10.0. The number of hydrogen-bond donors (Lipinski definition) is 2. The normalized spacial score (nSPS) is 32.8. The van der Waals surface area contributed by atoms with Crippen molar-refractivity contribution < 1.29 is 19.7 Å². The van der Waals surface area contributed by atoms with Crippen LogP contribution in [-0.2, 0) is 10.2 Å². The first kappa shape index (κ1) is 31.4. The second-order valence-corrected chi connectivity index (χ2v) is 15.3. The summed E-state index contributed by atoms with van der Waals surface area (Å²) in [6.07, 6.45) is 14.0. The first-order chi connectivity index (χ1) is 21.1. The molecule has 0 bridgehead atoms. The van der Waals surface area contributed by atoms with Gasteiger partial charge in [-0.3, -0.25) is 0 Å². The average molecular weight is 616 g/mol. The van der Waals surface area contributed by atoms with Gasteiger partial charge in [0.05, 0.1) is 23.2 Å². The molecule has 1 aromatic carbocycles. The molecule has 5 nitrogen and oxygen atoms in total. The number of carbonyl (C=O) groups is 1. The van der Waals surface area contributed by atoms with E-state index in [1.54, 1.807) is 11.3 Å². The van der Waals surface area contributed by atoms with E-state index in [4.69, 9.17) is 9.72 Å². The largest absolute Gasteiger partial charge is 0.458 e. The van der Waals surface area contributed by atoms with Crippen LogP contribution in [0.15, 0.2) is 71.2 Å². The van der Waals surface area contributed by atoms with Gasteiger partial charge in [-0.2, -0.15) is 0 Å². The van der Waals surface area contributed by atoms with Crippen LogP contribution in [0.25, 0.3) is 0 Å². The van der Waals surface area contributed by atoms with Crippen LogP contribution in [0.2, 0.25) is 0 Å². The van der Waals surface area contributed by atoms with E-state index in [1.807, 2.05) is 37.3 Å². The number of benzene rings is 1. The molecule has 4 fully saturated rings. The lowest BCUT2D eigenvalue weighted by molar-refractivity contribution is 0.0127. The summed E-state index contributed by atoms with van der Waals surface area (Å²) in [7, 11) is 0. The Bertz CT molecular complexity index is 1420.